The number of aliphatic hydroxyl groups excluding tert-OH is 1. The number of aromatic hydroxyl groups is 1. The van der Waals surface area contributed by atoms with Gasteiger partial charge in [-0.05, 0) is 31.7 Å². The maximum atomic E-state index is 12.6. The average molecular weight is 289 g/mol. The van der Waals surface area contributed by atoms with Crippen LogP contribution in [0.4, 0.5) is 0 Å². The Balaban J connectivity index is 1.70. The number of phenolic OH excluding ortho intramolecular Hbond substituents is 1. The molecule has 21 heavy (non-hydrogen) atoms. The van der Waals surface area contributed by atoms with Gasteiger partial charge in [0.1, 0.15) is 5.75 Å². The van der Waals surface area contributed by atoms with Crippen molar-refractivity contribution in [3.8, 4) is 5.75 Å². The fraction of sp³-hybridized carbons (Fsp3) is 0.588. The summed E-state index contributed by atoms with van der Waals surface area (Å²) < 4.78 is 0. The highest BCUT2D eigenvalue weighted by Crippen LogP contribution is 2.36. The molecule has 1 saturated heterocycles. The van der Waals surface area contributed by atoms with Crippen LogP contribution in [0.2, 0.25) is 0 Å². The van der Waals surface area contributed by atoms with E-state index in [2.05, 4.69) is 0 Å². The van der Waals surface area contributed by atoms with Crippen molar-refractivity contribution in [1.29, 1.82) is 0 Å². The van der Waals surface area contributed by atoms with Crippen LogP contribution in [-0.2, 0) is 11.2 Å². The van der Waals surface area contributed by atoms with E-state index in [-0.39, 0.29) is 36.1 Å². The molecular formula is C17H23NO3. The number of likely N-dealkylation sites (tertiary alicyclic amines) is 1. The van der Waals surface area contributed by atoms with Gasteiger partial charge in [0.25, 0.3) is 0 Å². The van der Waals surface area contributed by atoms with Gasteiger partial charge >= 0.3 is 0 Å². The Hall–Kier alpha value is -1.55. The highest BCUT2D eigenvalue weighted by molar-refractivity contribution is 5.80. The van der Waals surface area contributed by atoms with Crippen LogP contribution >= 0.6 is 0 Å². The predicted octanol–water partition coefficient (Wildman–Crippen LogP) is 2.09. The number of benzene rings is 1. The molecule has 3 atom stereocenters. The van der Waals surface area contributed by atoms with Crippen LogP contribution in [0.15, 0.2) is 24.3 Å². The fourth-order valence-electron chi connectivity index (χ4n) is 3.89. The number of para-hydroxylation sites is 1. The lowest BCUT2D eigenvalue weighted by molar-refractivity contribution is -0.132. The van der Waals surface area contributed by atoms with Crippen LogP contribution in [0.1, 0.15) is 37.7 Å². The summed E-state index contributed by atoms with van der Waals surface area (Å²) in [4.78, 5) is 14.5. The Morgan fingerprint density at radius 3 is 2.71 bits per heavy atom. The van der Waals surface area contributed by atoms with Gasteiger partial charge in [-0.25, -0.2) is 0 Å². The Morgan fingerprint density at radius 1 is 1.19 bits per heavy atom. The molecule has 4 nitrogen and oxygen atoms in total. The van der Waals surface area contributed by atoms with Gasteiger partial charge in [0.05, 0.1) is 12.5 Å². The van der Waals surface area contributed by atoms with E-state index in [1.54, 1.807) is 18.2 Å². The molecule has 2 aliphatic rings. The highest BCUT2D eigenvalue weighted by atomic mass is 16.3. The first-order chi connectivity index (χ1) is 10.2. The number of amides is 1. The molecule has 3 unspecified atom stereocenters. The average Bonchev–Trinajstić information content (AvgIpc) is 3.09. The summed E-state index contributed by atoms with van der Waals surface area (Å²) in [7, 11) is 0. The zero-order valence-electron chi connectivity index (χ0n) is 12.2. The van der Waals surface area contributed by atoms with E-state index in [4.69, 9.17) is 0 Å². The molecule has 4 heteroatoms. The fourth-order valence-corrected chi connectivity index (χ4v) is 3.89. The summed E-state index contributed by atoms with van der Waals surface area (Å²) in [6.45, 7) is 0.778. The molecule has 114 valence electrons. The molecule has 0 bridgehead atoms. The van der Waals surface area contributed by atoms with Gasteiger partial charge in [0, 0.05) is 24.1 Å². The number of nitrogens with zero attached hydrogens (tertiary/aromatic N) is 1. The third kappa shape index (κ3) is 2.91. The lowest BCUT2D eigenvalue weighted by Crippen LogP contribution is -2.43. The molecule has 1 aromatic rings. The van der Waals surface area contributed by atoms with Crippen LogP contribution in [0.25, 0.3) is 0 Å². The van der Waals surface area contributed by atoms with Crippen molar-refractivity contribution in [3.05, 3.63) is 29.8 Å². The van der Waals surface area contributed by atoms with E-state index in [0.29, 0.717) is 5.56 Å². The van der Waals surface area contributed by atoms with E-state index >= 15 is 0 Å². The molecule has 1 amide bonds. The molecule has 1 saturated carbocycles. The number of hydrogen-bond acceptors (Lipinski definition) is 3. The quantitative estimate of drug-likeness (QED) is 0.895. The van der Waals surface area contributed by atoms with Gasteiger partial charge in [-0.3, -0.25) is 4.79 Å². The first-order valence-electron chi connectivity index (χ1n) is 7.91. The van der Waals surface area contributed by atoms with Gasteiger partial charge in [0.15, 0.2) is 0 Å². The SMILES string of the molecule is O=C(Cc1ccccc1O)N1CCCC1C1CCCC1O. The molecule has 1 heterocycles. The lowest BCUT2D eigenvalue weighted by atomic mass is 9.93. The second-order valence-corrected chi connectivity index (χ2v) is 6.26. The third-order valence-corrected chi connectivity index (χ3v) is 4.98. The predicted molar refractivity (Wildman–Crippen MR) is 79.9 cm³/mol. The van der Waals surface area contributed by atoms with Gasteiger partial charge < -0.3 is 15.1 Å². The summed E-state index contributed by atoms with van der Waals surface area (Å²) in [5.74, 6) is 0.487. The van der Waals surface area contributed by atoms with Crippen LogP contribution in [-0.4, -0.2) is 39.7 Å². The Labute approximate surface area is 125 Å². The molecule has 1 aliphatic carbocycles. The van der Waals surface area contributed by atoms with E-state index in [1.165, 1.54) is 0 Å². The van der Waals surface area contributed by atoms with Crippen molar-refractivity contribution in [2.75, 3.05) is 6.54 Å². The Kier molecular flexibility index (Phi) is 4.15. The van der Waals surface area contributed by atoms with Crippen molar-refractivity contribution >= 4 is 5.91 Å². The van der Waals surface area contributed by atoms with E-state index < -0.39 is 0 Å². The summed E-state index contributed by atoms with van der Waals surface area (Å²) >= 11 is 0. The van der Waals surface area contributed by atoms with Crippen molar-refractivity contribution in [3.63, 3.8) is 0 Å². The number of aliphatic hydroxyl groups is 1. The van der Waals surface area contributed by atoms with Crippen molar-refractivity contribution in [1.82, 2.24) is 4.90 Å². The number of rotatable bonds is 3. The van der Waals surface area contributed by atoms with Gasteiger partial charge in [-0.1, -0.05) is 24.6 Å². The number of carbonyl (C=O) groups excluding carboxylic acids is 1. The molecule has 0 aromatic heterocycles. The second-order valence-electron chi connectivity index (χ2n) is 6.26. The van der Waals surface area contributed by atoms with Crippen LogP contribution < -0.4 is 0 Å². The van der Waals surface area contributed by atoms with Gasteiger partial charge in [0.2, 0.25) is 5.91 Å². The third-order valence-electron chi connectivity index (χ3n) is 4.98. The largest absolute Gasteiger partial charge is 0.508 e. The minimum absolute atomic E-state index is 0.0677. The first-order valence-corrected chi connectivity index (χ1v) is 7.91. The minimum atomic E-state index is -0.256. The van der Waals surface area contributed by atoms with Crippen molar-refractivity contribution in [2.45, 2.75) is 50.7 Å². The standard InChI is InChI=1S/C17H23NO3/c19-15-8-2-1-5-12(15)11-17(21)18-10-4-7-14(18)13-6-3-9-16(13)20/h1-2,5,8,13-14,16,19-20H,3-4,6-7,9-11H2. The van der Waals surface area contributed by atoms with E-state index in [1.807, 2.05) is 11.0 Å². The molecular weight excluding hydrogens is 266 g/mol. The normalized spacial score (nSPS) is 29.0. The molecule has 1 aliphatic heterocycles. The molecule has 0 radical (unpaired) electrons. The smallest absolute Gasteiger partial charge is 0.227 e. The van der Waals surface area contributed by atoms with Gasteiger partial charge in [-0.15, -0.1) is 0 Å². The maximum Gasteiger partial charge on any atom is 0.227 e. The summed E-state index contributed by atoms with van der Waals surface area (Å²) in [5, 5.41) is 19.9. The topological polar surface area (TPSA) is 60.8 Å². The molecule has 2 fully saturated rings. The number of carbonyl (C=O) groups is 1. The zero-order valence-corrected chi connectivity index (χ0v) is 12.2. The lowest BCUT2D eigenvalue weighted by Gasteiger charge is -2.31. The summed E-state index contributed by atoms with van der Waals surface area (Å²) in [6.07, 6.45) is 4.94. The highest BCUT2D eigenvalue weighted by Gasteiger charge is 2.39. The van der Waals surface area contributed by atoms with Crippen molar-refractivity contribution < 1.29 is 15.0 Å². The number of hydrogen-bond donors (Lipinski definition) is 2. The first kappa shape index (κ1) is 14.4. The maximum absolute atomic E-state index is 12.6. The monoisotopic (exact) mass is 289 g/mol. The molecule has 3 rings (SSSR count). The Bertz CT molecular complexity index is 517. The number of phenols is 1. The molecule has 2 N–H and O–H groups in total. The van der Waals surface area contributed by atoms with E-state index in [9.17, 15) is 15.0 Å². The minimum Gasteiger partial charge on any atom is -0.508 e. The van der Waals surface area contributed by atoms with Crippen LogP contribution in [0.3, 0.4) is 0 Å². The van der Waals surface area contributed by atoms with Crippen LogP contribution in [0, 0.1) is 5.92 Å². The zero-order chi connectivity index (χ0) is 14.8. The van der Waals surface area contributed by atoms with E-state index in [0.717, 1.165) is 38.6 Å². The summed E-state index contributed by atoms with van der Waals surface area (Å²) in [6, 6.07) is 7.19. The Morgan fingerprint density at radius 2 is 2.00 bits per heavy atom. The van der Waals surface area contributed by atoms with Gasteiger partial charge in [-0.2, -0.15) is 0 Å². The summed E-state index contributed by atoms with van der Waals surface area (Å²) in [5.41, 5.74) is 0.681. The second kappa shape index (κ2) is 6.06. The van der Waals surface area contributed by atoms with Crippen molar-refractivity contribution in [2.24, 2.45) is 5.92 Å². The molecule has 1 aromatic carbocycles. The molecule has 0 spiro atoms. The van der Waals surface area contributed by atoms with Crippen LogP contribution in [0.5, 0.6) is 5.75 Å².